The lowest BCUT2D eigenvalue weighted by Gasteiger charge is -2.22. The van der Waals surface area contributed by atoms with E-state index in [1.54, 1.807) is 24.5 Å². The van der Waals surface area contributed by atoms with Crippen LogP contribution in [0.5, 0.6) is 0 Å². The molecule has 0 saturated carbocycles. The Balaban J connectivity index is 1.17. The largest absolute Gasteiger partial charge is 0.394 e. The van der Waals surface area contributed by atoms with Crippen LogP contribution in [0, 0.1) is 0 Å². The molecule has 2 saturated heterocycles. The number of fused-ring (bicyclic) bond motifs is 1. The van der Waals surface area contributed by atoms with Gasteiger partial charge in [0.05, 0.1) is 37.5 Å². The predicted molar refractivity (Wildman–Crippen MR) is 174 cm³/mol. The number of aliphatic hydroxyl groups is 4. The lowest BCUT2D eigenvalue weighted by molar-refractivity contribution is -0.0434. The minimum absolute atomic E-state index is 0.148. The zero-order valence-corrected chi connectivity index (χ0v) is 26.2. The second-order valence-electron chi connectivity index (χ2n) is 12.0. The normalized spacial score (nSPS) is 22.8. The monoisotopic (exact) mass is 672 g/mol. The van der Waals surface area contributed by atoms with Crippen molar-refractivity contribution in [2.75, 3.05) is 35.2 Å². The Hall–Kier alpha value is -5.20. The molecule has 2 amide bonds. The molecule has 5 aromatic rings. The fourth-order valence-electron chi connectivity index (χ4n) is 6.10. The van der Waals surface area contributed by atoms with Crippen molar-refractivity contribution in [3.63, 3.8) is 0 Å². The summed E-state index contributed by atoms with van der Waals surface area (Å²) in [5.74, 6) is 0.833. The van der Waals surface area contributed by atoms with Crippen LogP contribution in [0.3, 0.4) is 0 Å². The third-order valence-electron chi connectivity index (χ3n) is 8.55. The maximum Gasteiger partial charge on any atom is 0.319 e. The van der Waals surface area contributed by atoms with Crippen molar-refractivity contribution >= 4 is 34.6 Å². The Morgan fingerprint density at radius 2 is 1.94 bits per heavy atom. The van der Waals surface area contributed by atoms with Crippen LogP contribution in [-0.2, 0) is 17.8 Å². The van der Waals surface area contributed by atoms with Crippen LogP contribution in [0.1, 0.15) is 35.8 Å². The molecule has 4 aromatic heterocycles. The highest BCUT2D eigenvalue weighted by atomic mass is 16.6. The zero-order chi connectivity index (χ0) is 33.9. The summed E-state index contributed by atoms with van der Waals surface area (Å²) in [4.78, 5) is 32.8. The Morgan fingerprint density at radius 1 is 1.08 bits per heavy atom. The van der Waals surface area contributed by atoms with Crippen molar-refractivity contribution in [3.05, 3.63) is 84.3 Å². The number of ether oxygens (including phenoxy) is 1. The molecule has 0 bridgehead atoms. The Labute approximate surface area is 279 Å². The van der Waals surface area contributed by atoms with E-state index in [0.29, 0.717) is 54.5 Å². The number of carbonyl (C=O) groups is 1. The molecule has 17 nitrogen and oxygen atoms in total. The van der Waals surface area contributed by atoms with E-state index in [0.717, 1.165) is 5.56 Å². The molecule has 7 N–H and O–H groups in total. The molecule has 6 heterocycles. The van der Waals surface area contributed by atoms with Gasteiger partial charge in [-0.3, -0.25) is 9.55 Å². The van der Waals surface area contributed by atoms with Gasteiger partial charge in [-0.05, 0) is 30.5 Å². The maximum atomic E-state index is 12.7. The number of carbonyl (C=O) groups excluding carboxylic acids is 1. The van der Waals surface area contributed by atoms with Gasteiger partial charge in [0.15, 0.2) is 29.0 Å². The second-order valence-corrected chi connectivity index (χ2v) is 12.0. The van der Waals surface area contributed by atoms with E-state index in [1.807, 2.05) is 35.2 Å². The minimum atomic E-state index is -1.40. The van der Waals surface area contributed by atoms with E-state index in [1.165, 1.54) is 17.0 Å². The Bertz CT molecular complexity index is 1870. The van der Waals surface area contributed by atoms with Crippen molar-refractivity contribution in [1.82, 2.24) is 35.0 Å². The molecule has 0 spiro atoms. The summed E-state index contributed by atoms with van der Waals surface area (Å²) in [6.45, 7) is 0.395. The van der Waals surface area contributed by atoms with Gasteiger partial charge in [0, 0.05) is 31.4 Å². The van der Waals surface area contributed by atoms with Gasteiger partial charge in [-0.2, -0.15) is 9.97 Å². The number of aliphatic hydroxyl groups excluding tert-OH is 4. The molecule has 6 atom stereocenters. The van der Waals surface area contributed by atoms with Crippen molar-refractivity contribution in [2.24, 2.45) is 0 Å². The van der Waals surface area contributed by atoms with E-state index >= 15 is 0 Å². The first-order chi connectivity index (χ1) is 23.9. The van der Waals surface area contributed by atoms with Crippen LogP contribution in [0.25, 0.3) is 11.2 Å². The SMILES string of the molecule is O=C(Nc1cccnc1)N[C@@H]1CCN(c2nc(N[C@H](CO)Cc3ccccc3)c3ncn([C@@H]4O[C@H](c5cc(CO)no5)[C@@H](O)[C@H]4O)c3n2)C1. The number of benzene rings is 1. The molecular weight excluding hydrogens is 636 g/mol. The summed E-state index contributed by atoms with van der Waals surface area (Å²) in [7, 11) is 0. The number of nitrogens with one attached hydrogen (secondary N) is 3. The number of aromatic nitrogens is 6. The first-order valence-electron chi connectivity index (χ1n) is 15.9. The third kappa shape index (κ3) is 6.87. The standard InChI is InChI=1S/C32H36N10O7/c43-15-21(11-18-5-2-1-3-6-18)35-28-24-29(42(17-34-24)30-26(46)25(45)27(48-30)23-12-22(16-44)40-49-23)39-31(38-28)41-10-8-20(14-41)37-32(47)36-19-7-4-9-33-13-19/h1-7,9,12-13,17,20-21,25-27,30,43-46H,8,10-11,14-16H2,(H,35,38,39)(H2,36,37,47)/t20-,21+,25+,26-,27-,30-/m1/s1. The maximum absolute atomic E-state index is 12.7. The van der Waals surface area contributed by atoms with E-state index in [4.69, 9.17) is 19.2 Å². The summed E-state index contributed by atoms with van der Waals surface area (Å²) >= 11 is 0. The molecule has 2 aliphatic rings. The third-order valence-corrected chi connectivity index (χ3v) is 8.55. The zero-order valence-electron chi connectivity index (χ0n) is 26.2. The number of anilines is 3. The smallest absolute Gasteiger partial charge is 0.319 e. The molecule has 49 heavy (non-hydrogen) atoms. The number of urea groups is 1. The molecule has 0 radical (unpaired) electrons. The summed E-state index contributed by atoms with van der Waals surface area (Å²) in [5.41, 5.74) is 2.51. The van der Waals surface area contributed by atoms with E-state index in [2.05, 4.69) is 31.1 Å². The van der Waals surface area contributed by atoms with Crippen molar-refractivity contribution in [2.45, 2.75) is 56.1 Å². The first-order valence-corrected chi connectivity index (χ1v) is 15.9. The molecule has 256 valence electrons. The van der Waals surface area contributed by atoms with Crippen LogP contribution in [0.15, 0.2) is 71.8 Å². The van der Waals surface area contributed by atoms with E-state index in [-0.39, 0.29) is 36.7 Å². The topological polar surface area (TPSA) is 229 Å². The first kappa shape index (κ1) is 32.4. The summed E-state index contributed by atoms with van der Waals surface area (Å²) < 4.78 is 12.9. The van der Waals surface area contributed by atoms with Crippen LogP contribution < -0.4 is 20.9 Å². The number of hydrogen-bond acceptors (Lipinski definition) is 14. The van der Waals surface area contributed by atoms with Crippen LogP contribution in [-0.4, -0.2) is 100 Å². The fourth-order valence-corrected chi connectivity index (χ4v) is 6.10. The molecule has 0 unspecified atom stereocenters. The van der Waals surface area contributed by atoms with Gasteiger partial charge in [-0.15, -0.1) is 0 Å². The average Bonchev–Trinajstić information content (AvgIpc) is 3.93. The number of amides is 2. The Morgan fingerprint density at radius 3 is 2.69 bits per heavy atom. The van der Waals surface area contributed by atoms with Gasteiger partial charge >= 0.3 is 6.03 Å². The average molecular weight is 673 g/mol. The molecule has 0 aliphatic carbocycles. The molecule has 2 aliphatic heterocycles. The summed E-state index contributed by atoms with van der Waals surface area (Å²) in [5, 5.41) is 54.6. The van der Waals surface area contributed by atoms with Gasteiger partial charge < -0.3 is 50.5 Å². The summed E-state index contributed by atoms with van der Waals surface area (Å²) in [6.07, 6.45) is 0.785. The highest BCUT2D eigenvalue weighted by Gasteiger charge is 2.47. The minimum Gasteiger partial charge on any atom is -0.394 e. The number of pyridine rings is 1. The van der Waals surface area contributed by atoms with Gasteiger partial charge in [0.25, 0.3) is 0 Å². The molecule has 17 heteroatoms. The van der Waals surface area contributed by atoms with Gasteiger partial charge in [0.2, 0.25) is 5.95 Å². The number of nitrogens with zero attached hydrogens (tertiary/aromatic N) is 7. The second kappa shape index (κ2) is 14.1. The van der Waals surface area contributed by atoms with Gasteiger partial charge in [-0.1, -0.05) is 35.5 Å². The van der Waals surface area contributed by atoms with Crippen molar-refractivity contribution in [1.29, 1.82) is 0 Å². The van der Waals surface area contributed by atoms with E-state index < -0.39 is 30.6 Å². The van der Waals surface area contributed by atoms with Crippen molar-refractivity contribution < 1.29 is 34.5 Å². The number of hydrogen-bond donors (Lipinski definition) is 7. The fraction of sp³-hybridized carbons (Fsp3) is 0.375. The van der Waals surface area contributed by atoms with Crippen molar-refractivity contribution in [3.8, 4) is 0 Å². The Kier molecular flexibility index (Phi) is 9.32. The molecule has 1 aromatic carbocycles. The molecular formula is C32H36N10O7. The van der Waals surface area contributed by atoms with E-state index in [9.17, 15) is 25.2 Å². The highest BCUT2D eigenvalue weighted by Crippen LogP contribution is 2.40. The van der Waals surface area contributed by atoms with Gasteiger partial charge in [-0.25, -0.2) is 9.78 Å². The number of rotatable bonds is 11. The lowest BCUT2D eigenvalue weighted by atomic mass is 10.1. The van der Waals surface area contributed by atoms with Crippen LogP contribution in [0.2, 0.25) is 0 Å². The predicted octanol–water partition coefficient (Wildman–Crippen LogP) is 1.11. The lowest BCUT2D eigenvalue weighted by Crippen LogP contribution is -2.40. The molecule has 7 rings (SSSR count). The van der Waals surface area contributed by atoms with Crippen LogP contribution in [0.4, 0.5) is 22.2 Å². The number of imidazole rings is 1. The summed E-state index contributed by atoms with van der Waals surface area (Å²) in [6, 6.07) is 13.7. The van der Waals surface area contributed by atoms with Crippen LogP contribution >= 0.6 is 0 Å². The van der Waals surface area contributed by atoms with Gasteiger partial charge in [0.1, 0.15) is 24.0 Å². The molecule has 2 fully saturated rings. The highest BCUT2D eigenvalue weighted by molar-refractivity contribution is 5.89. The quantitative estimate of drug-likeness (QED) is 0.104.